The molecule has 0 aromatic heterocycles. The molecule has 51 heavy (non-hydrogen) atoms. The molecule has 14 nitrogen and oxygen atoms in total. The number of benzene rings is 1. The summed E-state index contributed by atoms with van der Waals surface area (Å²) < 4.78 is 87.7. The zero-order valence-electron chi connectivity index (χ0n) is 32.7. The molecule has 6 rings (SSSR count). The Kier molecular flexibility index (Phi) is 8.70. The van der Waals surface area contributed by atoms with Crippen LogP contribution in [-0.2, 0) is 46.9 Å². The summed E-state index contributed by atoms with van der Waals surface area (Å²) in [4.78, 5) is 70.0. The van der Waals surface area contributed by atoms with E-state index >= 15 is 0 Å². The van der Waals surface area contributed by atoms with E-state index in [9.17, 15) is 36.8 Å². The third-order valence-corrected chi connectivity index (χ3v) is 11.3. The Hall–Kier alpha value is -4.21. The Morgan fingerprint density at radius 3 is 2.57 bits per heavy atom. The first-order valence-electron chi connectivity index (χ1n) is 19.2. The number of halogens is 1. The van der Waals surface area contributed by atoms with Gasteiger partial charge < -0.3 is 25.0 Å². The van der Waals surface area contributed by atoms with E-state index in [1.165, 1.54) is 6.07 Å². The number of hydrogen-bond donors (Lipinski definition) is 3. The summed E-state index contributed by atoms with van der Waals surface area (Å²) in [5.41, 5.74) is -3.68. The molecule has 0 unspecified atom stereocenters. The lowest BCUT2D eigenvalue weighted by Crippen LogP contribution is -2.58. The van der Waals surface area contributed by atoms with E-state index in [1.807, 2.05) is 6.08 Å². The Morgan fingerprint density at radius 2 is 1.86 bits per heavy atom. The third kappa shape index (κ3) is 8.31. The molecule has 3 heterocycles. The van der Waals surface area contributed by atoms with Gasteiger partial charge in [0.25, 0.3) is 5.91 Å². The average Bonchev–Trinajstić information content (AvgIpc) is 3.97. The molecule has 5 aliphatic rings. The normalized spacial score (nSPS) is 32.1. The molecular formula is C35H46FN5O9S. The van der Waals surface area contributed by atoms with Crippen molar-refractivity contribution in [3.8, 4) is 0 Å². The van der Waals surface area contributed by atoms with Crippen LogP contribution < -0.4 is 15.4 Å². The summed E-state index contributed by atoms with van der Waals surface area (Å²) in [7, 11) is -4.00. The minimum absolute atomic E-state index is 0.0689. The molecule has 1 aromatic carbocycles. The van der Waals surface area contributed by atoms with Gasteiger partial charge in [0.2, 0.25) is 21.8 Å². The lowest BCUT2D eigenvalue weighted by molar-refractivity contribution is -0.141. The topological polar surface area (TPSA) is 181 Å². The largest absolute Gasteiger partial charge is 0.444 e. The lowest BCUT2D eigenvalue weighted by atomic mass is 10.0. The Labute approximate surface area is 302 Å². The van der Waals surface area contributed by atoms with Crippen LogP contribution in [0.2, 0.25) is 0 Å². The first kappa shape index (κ1) is 31.5. The van der Waals surface area contributed by atoms with Gasteiger partial charge in [0.15, 0.2) is 0 Å². The van der Waals surface area contributed by atoms with Gasteiger partial charge in [-0.1, -0.05) is 37.1 Å². The lowest BCUT2D eigenvalue weighted by Gasteiger charge is -2.30. The summed E-state index contributed by atoms with van der Waals surface area (Å²) in [5.74, 6) is -4.20. The molecule has 0 bridgehead atoms. The van der Waals surface area contributed by atoms with Crippen LogP contribution in [0.1, 0.15) is 95.2 Å². The summed E-state index contributed by atoms with van der Waals surface area (Å²) in [6.07, 6.45) is 2.84. The molecule has 1 aromatic rings. The van der Waals surface area contributed by atoms with Crippen LogP contribution in [0.15, 0.2) is 30.4 Å². The fourth-order valence-electron chi connectivity index (χ4n) is 6.57. The smallest absolute Gasteiger partial charge is 0.410 e. The van der Waals surface area contributed by atoms with Gasteiger partial charge in [0, 0.05) is 24.4 Å². The maximum atomic E-state index is 14.8. The molecule has 16 heteroatoms. The number of ether oxygens (including phenoxy) is 2. The Bertz CT molecular complexity index is 1910. The fraction of sp³-hybridized carbons (Fsp3) is 0.629. The molecule has 278 valence electrons. The summed E-state index contributed by atoms with van der Waals surface area (Å²) in [6, 6.07) is 0.604. The van der Waals surface area contributed by atoms with Crippen molar-refractivity contribution < 1.29 is 51.7 Å². The van der Waals surface area contributed by atoms with Crippen LogP contribution in [0.25, 0.3) is 0 Å². The van der Waals surface area contributed by atoms with Crippen LogP contribution >= 0.6 is 0 Å². The summed E-state index contributed by atoms with van der Waals surface area (Å²) in [5, 5.41) is 4.55. The quantitative estimate of drug-likeness (QED) is 0.383. The number of nitrogens with one attached hydrogen (secondary N) is 3. The maximum absolute atomic E-state index is 14.8. The van der Waals surface area contributed by atoms with Gasteiger partial charge >= 0.3 is 12.2 Å². The number of hydrogen-bond acceptors (Lipinski definition) is 9. The molecule has 2 saturated carbocycles. The highest BCUT2D eigenvalue weighted by molar-refractivity contribution is 7.91. The van der Waals surface area contributed by atoms with E-state index < -0.39 is 123 Å². The third-order valence-electron chi connectivity index (χ3n) is 9.45. The number of carbonyl (C=O) groups is 5. The average molecular weight is 736 g/mol. The van der Waals surface area contributed by atoms with E-state index in [4.69, 9.17) is 15.0 Å². The van der Waals surface area contributed by atoms with Crippen LogP contribution in [0, 0.1) is 11.7 Å². The monoisotopic (exact) mass is 735 g/mol. The maximum Gasteiger partial charge on any atom is 0.410 e. The van der Waals surface area contributed by atoms with Crippen molar-refractivity contribution in [1.82, 2.24) is 25.2 Å². The Balaban J connectivity index is 1.30. The van der Waals surface area contributed by atoms with Crippen LogP contribution in [0.4, 0.5) is 14.0 Å². The van der Waals surface area contributed by atoms with Gasteiger partial charge in [-0.15, -0.1) is 0 Å². The minimum Gasteiger partial charge on any atom is -0.444 e. The van der Waals surface area contributed by atoms with Crippen molar-refractivity contribution in [1.29, 1.82) is 0 Å². The van der Waals surface area contributed by atoms with E-state index in [-0.39, 0.29) is 17.7 Å². The zero-order chi connectivity index (χ0) is 40.3. The second kappa shape index (κ2) is 14.1. The van der Waals surface area contributed by atoms with Gasteiger partial charge in [-0.3, -0.25) is 24.0 Å². The number of carbonyl (C=O) groups excluding carboxylic acids is 5. The van der Waals surface area contributed by atoms with E-state index in [0.717, 1.165) is 17.0 Å². The zero-order valence-corrected chi connectivity index (χ0v) is 29.5. The first-order valence-corrected chi connectivity index (χ1v) is 18.8. The molecule has 1 saturated heterocycles. The highest BCUT2D eigenvalue weighted by Gasteiger charge is 2.62. The fourth-order valence-corrected chi connectivity index (χ4v) is 7.94. The molecule has 0 radical (unpaired) electrons. The Morgan fingerprint density at radius 1 is 1.10 bits per heavy atom. The molecule has 0 spiro atoms. The van der Waals surface area contributed by atoms with E-state index in [1.54, 1.807) is 26.8 Å². The minimum atomic E-state index is -4.00. The summed E-state index contributed by atoms with van der Waals surface area (Å²) >= 11 is 0. The van der Waals surface area contributed by atoms with Crippen molar-refractivity contribution in [2.24, 2.45) is 5.92 Å². The second-order valence-electron chi connectivity index (χ2n) is 14.7. The van der Waals surface area contributed by atoms with Gasteiger partial charge in [-0.25, -0.2) is 22.4 Å². The number of rotatable bonds is 5. The molecule has 5 amide bonds. The number of amides is 5. The predicted octanol–water partition coefficient (Wildman–Crippen LogP) is 3.14. The molecule has 5 atom stereocenters. The number of nitrogens with zero attached hydrogens (tertiary/aromatic N) is 2. The van der Waals surface area contributed by atoms with Crippen molar-refractivity contribution >= 4 is 39.9 Å². The van der Waals surface area contributed by atoms with Crippen molar-refractivity contribution in [3.63, 3.8) is 0 Å². The van der Waals surface area contributed by atoms with Crippen LogP contribution in [-0.4, -0.2) is 89.2 Å². The van der Waals surface area contributed by atoms with E-state index in [0.29, 0.717) is 38.5 Å². The second-order valence-corrected chi connectivity index (χ2v) is 16.6. The standard InChI is InChI=1S/C35H46FN5O9S/c1-34(2,3)50-32(45)37-27-13-8-6-4-5-7-11-22-17-35(22,31(44)39-51(47,48)24-14-15-24)38-29(42)28-16-23(19-41(28)30(27)43)49-33(46)40-18-21-10-9-12-26(36)25(21)20-40/h7,9-12,22-24,27-28H,4-6,8,13-20H2,1-3H3,(H,37,45)(H,38,42)(H,39,44)/b11-7-/t22-,23-,27+,28+,35-/m1/s1/i18D2,20D2. The molecule has 3 aliphatic heterocycles. The molecular weight excluding hydrogens is 685 g/mol. The SMILES string of the molecule is [2H]C1([2H])c2cccc(F)c2C([2H])([2H])N1C(=O)O[C@@H]1C[C@H]2C(=O)N[C@]3(C(=O)NS(=O)(=O)C4CC4)C[C@H]3/C=C\CCCCC[C@H](NC(=O)OC(C)(C)C)C(=O)N2C1. The van der Waals surface area contributed by atoms with Crippen molar-refractivity contribution in [2.45, 2.75) is 126 Å². The first-order chi connectivity index (χ1) is 25.6. The molecule has 3 N–H and O–H groups in total. The number of alkyl carbamates (subject to hydrolysis) is 1. The van der Waals surface area contributed by atoms with Gasteiger partial charge in [-0.2, -0.15) is 0 Å². The number of fused-ring (bicyclic) bond motifs is 3. The number of sulfonamides is 1. The summed E-state index contributed by atoms with van der Waals surface area (Å²) in [6.45, 7) is -1.38. The van der Waals surface area contributed by atoms with Crippen LogP contribution in [0.5, 0.6) is 0 Å². The molecule has 2 aliphatic carbocycles. The van der Waals surface area contributed by atoms with Crippen molar-refractivity contribution in [3.05, 3.63) is 47.3 Å². The highest BCUT2D eigenvalue weighted by Crippen LogP contribution is 2.46. The van der Waals surface area contributed by atoms with Gasteiger partial charge in [-0.05, 0) is 70.9 Å². The van der Waals surface area contributed by atoms with Crippen LogP contribution in [0.3, 0.4) is 0 Å². The highest BCUT2D eigenvalue weighted by atomic mass is 32.2. The van der Waals surface area contributed by atoms with Gasteiger partial charge in [0.1, 0.15) is 35.1 Å². The van der Waals surface area contributed by atoms with Gasteiger partial charge in [0.05, 0.1) is 23.8 Å². The predicted molar refractivity (Wildman–Crippen MR) is 180 cm³/mol. The number of allylic oxidation sites excluding steroid dienone is 1. The van der Waals surface area contributed by atoms with E-state index in [2.05, 4.69) is 15.4 Å². The molecule has 3 fully saturated rings. The van der Waals surface area contributed by atoms with Crippen molar-refractivity contribution in [2.75, 3.05) is 6.54 Å².